The molecule has 0 spiro atoms. The lowest BCUT2D eigenvalue weighted by Crippen LogP contribution is -2.38. The summed E-state index contributed by atoms with van der Waals surface area (Å²) in [5.74, 6) is -4.08. The second-order valence-electron chi connectivity index (χ2n) is 7.59. The lowest BCUT2D eigenvalue weighted by molar-refractivity contribution is -0.119. The first-order valence-electron chi connectivity index (χ1n) is 10.4. The van der Waals surface area contributed by atoms with E-state index in [0.717, 1.165) is 18.4 Å². The summed E-state index contributed by atoms with van der Waals surface area (Å²) in [7, 11) is -1.09. The van der Waals surface area contributed by atoms with Crippen LogP contribution in [0.3, 0.4) is 0 Å². The molecule has 1 atom stereocenters. The summed E-state index contributed by atoms with van der Waals surface area (Å²) >= 11 is 0. The number of halogens is 1. The molecule has 1 aliphatic rings. The van der Waals surface area contributed by atoms with Gasteiger partial charge in [0.15, 0.2) is 5.75 Å². The van der Waals surface area contributed by atoms with Gasteiger partial charge >= 0.3 is 0 Å². The fourth-order valence-electron chi connectivity index (χ4n) is 3.65. The molecule has 1 aromatic heterocycles. The van der Waals surface area contributed by atoms with Crippen LogP contribution in [-0.4, -0.2) is 75.5 Å². The number of methoxy groups -OCH3 is 2. The minimum absolute atomic E-state index is 0.0135. The Bertz CT molecular complexity index is 1280. The van der Waals surface area contributed by atoms with Gasteiger partial charge in [-0.3, -0.25) is 19.3 Å². The smallest absolute Gasteiger partial charge is 0.265 e. The summed E-state index contributed by atoms with van der Waals surface area (Å²) in [4.78, 5) is 43.6. The number of hydrogen-bond donors (Lipinski definition) is 1. The number of nitrogens with zero attached hydrogens (tertiary/aromatic N) is 2. The minimum atomic E-state index is -3.77. The van der Waals surface area contributed by atoms with Crippen molar-refractivity contribution in [3.63, 3.8) is 0 Å². The fourth-order valence-corrected chi connectivity index (χ4v) is 4.54. The van der Waals surface area contributed by atoms with Crippen molar-refractivity contribution in [2.45, 2.75) is 13.0 Å². The number of ether oxygens (including phenoxy) is 3. The molecule has 1 aliphatic heterocycles. The van der Waals surface area contributed by atoms with Crippen molar-refractivity contribution in [1.82, 2.24) is 9.88 Å². The highest BCUT2D eigenvalue weighted by atomic mass is 32.2. The molecule has 1 unspecified atom stereocenters. The van der Waals surface area contributed by atoms with Gasteiger partial charge in [-0.1, -0.05) is 0 Å². The van der Waals surface area contributed by atoms with E-state index >= 15 is 0 Å². The number of aromatic nitrogens is 1. The average Bonchev–Trinajstić information content (AvgIpc) is 3.05. The van der Waals surface area contributed by atoms with Crippen LogP contribution >= 0.6 is 0 Å². The van der Waals surface area contributed by atoms with E-state index in [-0.39, 0.29) is 36.2 Å². The molecule has 2 heterocycles. The Balaban J connectivity index is 2.14. The van der Waals surface area contributed by atoms with Gasteiger partial charge in [0, 0.05) is 13.4 Å². The van der Waals surface area contributed by atoms with Crippen molar-refractivity contribution in [2.24, 2.45) is 0 Å². The lowest BCUT2D eigenvalue weighted by Gasteiger charge is -2.26. The van der Waals surface area contributed by atoms with Gasteiger partial charge < -0.3 is 19.5 Å². The van der Waals surface area contributed by atoms with Crippen LogP contribution < -0.4 is 14.8 Å². The number of nitrogens with one attached hydrogen (secondary N) is 1. The van der Waals surface area contributed by atoms with Crippen molar-refractivity contribution < 1.29 is 41.4 Å². The summed E-state index contributed by atoms with van der Waals surface area (Å²) in [5, 5.41) is 2.41. The number of rotatable bonds is 10. The molecule has 3 rings (SSSR count). The van der Waals surface area contributed by atoms with Gasteiger partial charge in [-0.05, 0) is 31.2 Å². The first kappa shape index (κ1) is 26.0. The van der Waals surface area contributed by atoms with Crippen LogP contribution in [0, 0.1) is 5.82 Å². The average molecular weight is 510 g/mol. The molecule has 1 N–H and O–H groups in total. The van der Waals surface area contributed by atoms with Gasteiger partial charge in [-0.25, -0.2) is 17.8 Å². The van der Waals surface area contributed by atoms with Gasteiger partial charge in [0.2, 0.25) is 5.91 Å². The molecular weight excluding hydrogens is 485 g/mol. The van der Waals surface area contributed by atoms with Crippen molar-refractivity contribution >= 4 is 33.2 Å². The predicted molar refractivity (Wildman–Crippen MR) is 122 cm³/mol. The lowest BCUT2D eigenvalue weighted by atomic mass is 10.1. The minimum Gasteiger partial charge on any atom is -0.491 e. The Kier molecular flexibility index (Phi) is 7.70. The van der Waals surface area contributed by atoms with E-state index in [2.05, 4.69) is 10.3 Å². The zero-order valence-corrected chi connectivity index (χ0v) is 20.3. The number of pyridine rings is 1. The molecule has 3 amide bonds. The molecule has 35 heavy (non-hydrogen) atoms. The summed E-state index contributed by atoms with van der Waals surface area (Å²) in [6.07, 6.45) is 0.933. The van der Waals surface area contributed by atoms with E-state index in [4.69, 9.17) is 14.2 Å². The number of benzene rings is 1. The summed E-state index contributed by atoms with van der Waals surface area (Å²) < 4.78 is 54.6. The molecule has 2 aromatic rings. The Morgan fingerprint density at radius 3 is 2.43 bits per heavy atom. The van der Waals surface area contributed by atoms with Crippen LogP contribution in [0.5, 0.6) is 11.6 Å². The second-order valence-corrected chi connectivity index (χ2v) is 9.78. The molecule has 1 aromatic carbocycles. The van der Waals surface area contributed by atoms with Crippen LogP contribution in [0.25, 0.3) is 0 Å². The quantitative estimate of drug-likeness (QED) is 0.473. The van der Waals surface area contributed by atoms with Gasteiger partial charge in [0.05, 0.1) is 48.0 Å². The molecule has 0 aliphatic carbocycles. The van der Waals surface area contributed by atoms with E-state index in [0.29, 0.717) is 4.90 Å². The van der Waals surface area contributed by atoms with Crippen molar-refractivity contribution in [3.8, 4) is 11.6 Å². The van der Waals surface area contributed by atoms with E-state index in [1.807, 2.05) is 0 Å². The molecule has 0 radical (unpaired) electrons. The molecule has 0 fully saturated rings. The summed E-state index contributed by atoms with van der Waals surface area (Å²) in [5.41, 5.74) is -1.07. The van der Waals surface area contributed by atoms with E-state index in [9.17, 15) is 27.2 Å². The third-order valence-electron chi connectivity index (χ3n) is 5.03. The zero-order valence-electron chi connectivity index (χ0n) is 19.5. The highest BCUT2D eigenvalue weighted by Gasteiger charge is 2.45. The normalized spacial score (nSPS) is 14.0. The number of sulfone groups is 1. The third kappa shape index (κ3) is 5.41. The third-order valence-corrected chi connectivity index (χ3v) is 5.95. The summed E-state index contributed by atoms with van der Waals surface area (Å²) in [6, 6.07) is 3.50. The zero-order chi connectivity index (χ0) is 25.9. The number of carbonyl (C=O) groups is 3. The molecule has 0 saturated heterocycles. The van der Waals surface area contributed by atoms with Crippen LogP contribution in [0.2, 0.25) is 0 Å². The Morgan fingerprint density at radius 2 is 1.83 bits per heavy atom. The Hall–Kier alpha value is -3.58. The number of imide groups is 1. The molecule has 188 valence electrons. The topological polar surface area (TPSA) is 141 Å². The highest BCUT2D eigenvalue weighted by molar-refractivity contribution is 7.90. The monoisotopic (exact) mass is 509 g/mol. The van der Waals surface area contributed by atoms with Gasteiger partial charge in [0.1, 0.15) is 22.3 Å². The number of hydrogen-bond acceptors (Lipinski definition) is 9. The number of anilines is 1. The van der Waals surface area contributed by atoms with Crippen LogP contribution in [-0.2, 0) is 19.4 Å². The van der Waals surface area contributed by atoms with Crippen LogP contribution in [0.15, 0.2) is 24.3 Å². The van der Waals surface area contributed by atoms with E-state index < -0.39 is 56.3 Å². The van der Waals surface area contributed by atoms with Crippen molar-refractivity contribution in [3.05, 3.63) is 46.9 Å². The SMILES string of the molecule is CCOc1nc(C(CS(C)(=O)=O)N2C(=O)c3c(F)ccc(NC(=O)COC)c3C2=O)ccc1OC. The predicted octanol–water partition coefficient (Wildman–Crippen LogP) is 1.59. The van der Waals surface area contributed by atoms with Gasteiger partial charge in [-0.2, -0.15) is 0 Å². The van der Waals surface area contributed by atoms with Crippen LogP contribution in [0.1, 0.15) is 39.4 Å². The first-order valence-corrected chi connectivity index (χ1v) is 12.4. The molecular formula is C22H24FN3O8S. The number of amides is 3. The number of fused-ring (bicyclic) bond motifs is 1. The standard InChI is InChI=1S/C22H24FN3O8S/c1-5-34-20-16(33-3)9-8-13(25-20)15(11-35(4,30)31)26-21(28)18-12(23)6-7-14(19(18)22(26)29)24-17(27)10-32-2/h6-9,15H,5,10-11H2,1-4H3,(H,24,27). The molecule has 0 bridgehead atoms. The van der Waals surface area contributed by atoms with Crippen molar-refractivity contribution in [2.75, 3.05) is 44.8 Å². The molecule has 0 saturated carbocycles. The van der Waals surface area contributed by atoms with Gasteiger partial charge in [-0.15, -0.1) is 0 Å². The molecule has 13 heteroatoms. The van der Waals surface area contributed by atoms with Crippen LogP contribution in [0.4, 0.5) is 10.1 Å². The van der Waals surface area contributed by atoms with Crippen molar-refractivity contribution in [1.29, 1.82) is 0 Å². The Morgan fingerprint density at radius 1 is 1.14 bits per heavy atom. The Labute approximate surface area is 201 Å². The molecule has 11 nitrogen and oxygen atoms in total. The second kappa shape index (κ2) is 10.4. The van der Waals surface area contributed by atoms with E-state index in [1.54, 1.807) is 6.92 Å². The maximum atomic E-state index is 14.7. The fraction of sp³-hybridized carbons (Fsp3) is 0.364. The summed E-state index contributed by atoms with van der Waals surface area (Å²) in [6.45, 7) is 1.57. The highest BCUT2D eigenvalue weighted by Crippen LogP contribution is 2.38. The largest absolute Gasteiger partial charge is 0.491 e. The van der Waals surface area contributed by atoms with Gasteiger partial charge in [0.25, 0.3) is 17.7 Å². The maximum absolute atomic E-state index is 14.7. The first-order chi connectivity index (χ1) is 16.5. The number of carbonyl (C=O) groups excluding carboxylic acids is 3. The van der Waals surface area contributed by atoms with E-state index in [1.165, 1.54) is 26.4 Å². The maximum Gasteiger partial charge on any atom is 0.265 e.